The fraction of sp³-hybridized carbons (Fsp3) is 0.857. The molecule has 0 aliphatic carbocycles. The minimum Gasteiger partial charge on any atom is -0.492 e. The average molecular weight is 731 g/mol. The summed E-state index contributed by atoms with van der Waals surface area (Å²) in [6, 6.07) is 0. The molecular formula is C35H62O12Si2. The Morgan fingerprint density at radius 2 is 1.10 bits per heavy atom. The van der Waals surface area contributed by atoms with Crippen LogP contribution >= 0.6 is 0 Å². The summed E-state index contributed by atoms with van der Waals surface area (Å²) in [7, 11) is -4.65. The SMILES string of the molecule is CC(=O)O[C@H]1[C@H](O[C@@H]2C=CO[C@H](CO[Si](C(C)C)(C(C)C)C(C)C)[C@H]2OC(C)=O)O[C@H](CO[Si](C(C)C)(C(C)C)C(C)C)[C@@H]2OC(=O)O[C@@H]21. The van der Waals surface area contributed by atoms with E-state index in [1.807, 2.05) is 0 Å². The third kappa shape index (κ3) is 8.92. The topological polar surface area (TPSA) is 134 Å². The fourth-order valence-electron chi connectivity index (χ4n) is 8.79. The molecule has 0 spiro atoms. The maximum atomic E-state index is 12.5. The molecule has 2 saturated heterocycles. The first kappa shape index (κ1) is 41.4. The summed E-state index contributed by atoms with van der Waals surface area (Å²) >= 11 is 0. The van der Waals surface area contributed by atoms with Gasteiger partial charge in [0.15, 0.2) is 45.1 Å². The Morgan fingerprint density at radius 3 is 1.55 bits per heavy atom. The quantitative estimate of drug-likeness (QED) is 0.0906. The minimum atomic E-state index is -2.35. The summed E-state index contributed by atoms with van der Waals surface area (Å²) in [5.41, 5.74) is 1.90. The van der Waals surface area contributed by atoms with E-state index in [9.17, 15) is 14.4 Å². The highest BCUT2D eigenvalue weighted by Crippen LogP contribution is 2.45. The molecule has 0 aromatic heterocycles. The van der Waals surface area contributed by atoms with Crippen molar-refractivity contribution < 1.29 is 56.4 Å². The van der Waals surface area contributed by atoms with Gasteiger partial charge in [-0.2, -0.15) is 0 Å². The van der Waals surface area contributed by atoms with Crippen LogP contribution in [0, 0.1) is 0 Å². The number of rotatable bonds is 16. The first-order valence-electron chi connectivity index (χ1n) is 17.9. The van der Waals surface area contributed by atoms with Crippen molar-refractivity contribution in [2.24, 2.45) is 0 Å². The predicted octanol–water partition coefficient (Wildman–Crippen LogP) is 7.16. The molecule has 8 atom stereocenters. The van der Waals surface area contributed by atoms with Gasteiger partial charge in [0.25, 0.3) is 0 Å². The molecule has 0 amide bonds. The van der Waals surface area contributed by atoms with Gasteiger partial charge in [-0.1, -0.05) is 83.1 Å². The van der Waals surface area contributed by atoms with E-state index >= 15 is 0 Å². The van der Waals surface area contributed by atoms with E-state index in [-0.39, 0.29) is 13.2 Å². The van der Waals surface area contributed by atoms with Crippen LogP contribution in [0.15, 0.2) is 12.3 Å². The van der Waals surface area contributed by atoms with E-state index in [0.717, 1.165) is 0 Å². The Kier molecular flexibility index (Phi) is 14.4. The molecule has 0 aromatic rings. The molecule has 3 aliphatic rings. The van der Waals surface area contributed by atoms with E-state index < -0.39 is 83.7 Å². The molecule has 0 bridgehead atoms. The lowest BCUT2D eigenvalue weighted by atomic mass is 9.98. The highest BCUT2D eigenvalue weighted by Gasteiger charge is 2.58. The van der Waals surface area contributed by atoms with Crippen LogP contribution in [0.5, 0.6) is 0 Å². The van der Waals surface area contributed by atoms with Crippen LogP contribution in [0.3, 0.4) is 0 Å². The van der Waals surface area contributed by atoms with Gasteiger partial charge in [0.1, 0.15) is 12.2 Å². The highest BCUT2D eigenvalue weighted by atomic mass is 28.4. The number of carbonyl (C=O) groups is 3. The standard InChI is InChI=1S/C35H62O12Si2/c1-19(2)48(20(3)4,21(5)6)40-17-28-30(42-25(13)36)27(15-16-39-28)44-34-33(43-26(14)37)32-31(46-35(38)47-32)29(45-34)18-41-49(22(7)8,23(9)10)24(11)12/h15-16,19-24,27-34H,17-18H2,1-14H3/t27-,28-,29-,30+,31+,32+,33-,34-/m1/s1. The molecule has 0 saturated carbocycles. The van der Waals surface area contributed by atoms with Crippen LogP contribution in [-0.4, -0.2) is 97.0 Å². The zero-order valence-electron chi connectivity index (χ0n) is 32.1. The van der Waals surface area contributed by atoms with Crippen molar-refractivity contribution in [2.45, 2.75) is 179 Å². The molecule has 3 heterocycles. The Bertz CT molecular complexity index is 1110. The van der Waals surface area contributed by atoms with Gasteiger partial charge in [0.05, 0.1) is 19.5 Å². The fourth-order valence-corrected chi connectivity index (χ4v) is 19.7. The molecule has 3 aliphatic heterocycles. The van der Waals surface area contributed by atoms with Crippen molar-refractivity contribution in [1.82, 2.24) is 0 Å². The molecule has 0 unspecified atom stereocenters. The Morgan fingerprint density at radius 1 is 0.673 bits per heavy atom. The number of hydrogen-bond acceptors (Lipinski definition) is 12. The van der Waals surface area contributed by atoms with E-state index in [2.05, 4.69) is 83.1 Å². The van der Waals surface area contributed by atoms with Crippen molar-refractivity contribution in [3.63, 3.8) is 0 Å². The van der Waals surface area contributed by atoms with Gasteiger partial charge in [0, 0.05) is 13.8 Å². The number of fused-ring (bicyclic) bond motifs is 1. The van der Waals surface area contributed by atoms with Gasteiger partial charge >= 0.3 is 18.1 Å². The maximum absolute atomic E-state index is 12.5. The number of ether oxygens (including phenoxy) is 7. The molecule has 2 fully saturated rings. The van der Waals surface area contributed by atoms with Crippen molar-refractivity contribution >= 4 is 34.7 Å². The lowest BCUT2D eigenvalue weighted by Gasteiger charge is -2.46. The summed E-state index contributed by atoms with van der Waals surface area (Å²) < 4.78 is 55.4. The Balaban J connectivity index is 1.95. The largest absolute Gasteiger partial charge is 0.509 e. The van der Waals surface area contributed by atoms with Crippen LogP contribution in [0.25, 0.3) is 0 Å². The molecule has 0 aromatic carbocycles. The first-order chi connectivity index (χ1) is 22.8. The van der Waals surface area contributed by atoms with Crippen LogP contribution in [0.1, 0.15) is 96.9 Å². The average Bonchev–Trinajstić information content (AvgIpc) is 3.36. The van der Waals surface area contributed by atoms with Crippen LogP contribution in [0.4, 0.5) is 4.79 Å². The third-order valence-electron chi connectivity index (χ3n) is 10.6. The molecular weight excluding hydrogens is 669 g/mol. The number of hydrogen-bond donors (Lipinski definition) is 0. The molecule has 49 heavy (non-hydrogen) atoms. The highest BCUT2D eigenvalue weighted by molar-refractivity contribution is 6.78. The van der Waals surface area contributed by atoms with Gasteiger partial charge in [0.2, 0.25) is 8.32 Å². The van der Waals surface area contributed by atoms with Crippen molar-refractivity contribution in [3.05, 3.63) is 12.3 Å². The zero-order chi connectivity index (χ0) is 37.0. The molecule has 282 valence electrons. The Labute approximate surface area is 295 Å². The van der Waals surface area contributed by atoms with E-state index in [1.165, 1.54) is 20.1 Å². The van der Waals surface area contributed by atoms with Gasteiger partial charge in [-0.25, -0.2) is 4.79 Å². The van der Waals surface area contributed by atoms with E-state index in [1.54, 1.807) is 6.08 Å². The predicted molar refractivity (Wildman–Crippen MR) is 188 cm³/mol. The smallest absolute Gasteiger partial charge is 0.492 e. The zero-order valence-corrected chi connectivity index (χ0v) is 34.1. The second-order valence-electron chi connectivity index (χ2n) is 15.5. The molecule has 14 heteroatoms. The molecule has 3 rings (SSSR count). The van der Waals surface area contributed by atoms with E-state index in [4.69, 9.17) is 42.0 Å². The van der Waals surface area contributed by atoms with Gasteiger partial charge < -0.3 is 42.0 Å². The van der Waals surface area contributed by atoms with Crippen LogP contribution in [0.2, 0.25) is 33.2 Å². The Hall–Kier alpha value is -1.98. The van der Waals surface area contributed by atoms with Gasteiger partial charge in [-0.3, -0.25) is 9.59 Å². The second kappa shape index (κ2) is 17.0. The monoisotopic (exact) mass is 730 g/mol. The summed E-state index contributed by atoms with van der Waals surface area (Å²) in [5.74, 6) is -1.14. The van der Waals surface area contributed by atoms with Crippen molar-refractivity contribution in [2.75, 3.05) is 13.2 Å². The number of carbonyl (C=O) groups excluding carboxylic acids is 3. The van der Waals surface area contributed by atoms with Crippen LogP contribution in [-0.2, 0) is 51.6 Å². The molecule has 12 nitrogen and oxygen atoms in total. The normalized spacial score (nSPS) is 29.0. The minimum absolute atomic E-state index is 0.116. The number of esters is 2. The first-order valence-corrected chi connectivity index (χ1v) is 22.2. The summed E-state index contributed by atoms with van der Waals surface area (Å²) in [5, 5.41) is 0. The lowest BCUT2D eigenvalue weighted by molar-refractivity contribution is -0.302. The summed E-state index contributed by atoms with van der Waals surface area (Å²) in [6.45, 7) is 29.1. The molecule has 0 radical (unpaired) electrons. The summed E-state index contributed by atoms with van der Waals surface area (Å²) in [6.07, 6.45) is -5.35. The van der Waals surface area contributed by atoms with Crippen LogP contribution < -0.4 is 0 Å². The summed E-state index contributed by atoms with van der Waals surface area (Å²) in [4.78, 5) is 37.3. The third-order valence-corrected chi connectivity index (χ3v) is 22.7. The van der Waals surface area contributed by atoms with Crippen molar-refractivity contribution in [1.29, 1.82) is 0 Å². The lowest BCUT2D eigenvalue weighted by Crippen LogP contribution is -2.62. The van der Waals surface area contributed by atoms with Gasteiger partial charge in [-0.05, 0) is 39.3 Å². The van der Waals surface area contributed by atoms with Crippen molar-refractivity contribution in [3.8, 4) is 0 Å². The maximum Gasteiger partial charge on any atom is 0.509 e. The van der Waals surface area contributed by atoms with E-state index in [0.29, 0.717) is 33.2 Å². The van der Waals surface area contributed by atoms with Gasteiger partial charge in [-0.15, -0.1) is 0 Å². The molecule has 0 N–H and O–H groups in total. The second-order valence-corrected chi connectivity index (χ2v) is 26.4.